The van der Waals surface area contributed by atoms with Gasteiger partial charge in [-0.3, -0.25) is 9.59 Å². The summed E-state index contributed by atoms with van der Waals surface area (Å²) >= 11 is 0. The summed E-state index contributed by atoms with van der Waals surface area (Å²) in [5.74, 6) is -0.843. The van der Waals surface area contributed by atoms with Gasteiger partial charge in [0, 0.05) is 6.42 Å². The number of esters is 2. The zero-order valence-electron chi connectivity index (χ0n) is 22.3. The Kier molecular flexibility index (Phi) is 14.7. The Morgan fingerprint density at radius 2 is 1.46 bits per heavy atom. The lowest BCUT2D eigenvalue weighted by molar-refractivity contribution is -0.158. The molecular weight excluding hydrogens is 486 g/mol. The molecule has 208 valence electrons. The van der Waals surface area contributed by atoms with Crippen LogP contribution in [0.1, 0.15) is 65.9 Å². The summed E-state index contributed by atoms with van der Waals surface area (Å²) in [6, 6.07) is 3.30. The number of nitrogens with two attached hydrogens (primary N) is 1. The SMILES string of the molecule is CCCOC(=O)Oc1ccc(C[C@H](N)C(=O)OC[C@H](C)OC(=O)CCC(C)C)cc1OC(=O)OCCC. The summed E-state index contributed by atoms with van der Waals surface area (Å²) in [5, 5.41) is 0. The predicted octanol–water partition coefficient (Wildman–Crippen LogP) is 4.32. The van der Waals surface area contributed by atoms with Crippen LogP contribution in [-0.2, 0) is 35.0 Å². The molecule has 0 unspecified atom stereocenters. The lowest BCUT2D eigenvalue weighted by atomic mass is 10.1. The number of hydrogen-bond acceptors (Lipinski definition) is 11. The quantitative estimate of drug-likeness (QED) is 0.198. The van der Waals surface area contributed by atoms with Crippen molar-refractivity contribution < 1.29 is 47.6 Å². The maximum Gasteiger partial charge on any atom is 0.513 e. The van der Waals surface area contributed by atoms with E-state index in [1.165, 1.54) is 12.1 Å². The lowest BCUT2D eigenvalue weighted by Crippen LogP contribution is -2.36. The van der Waals surface area contributed by atoms with E-state index in [4.69, 9.17) is 34.2 Å². The third-order valence-electron chi connectivity index (χ3n) is 4.72. The summed E-state index contributed by atoms with van der Waals surface area (Å²) in [7, 11) is 0. The molecule has 0 amide bonds. The molecule has 0 heterocycles. The molecule has 0 radical (unpaired) electrons. The topological polar surface area (TPSA) is 150 Å². The Hall–Kier alpha value is -3.34. The summed E-state index contributed by atoms with van der Waals surface area (Å²) in [6.07, 6.45) is -0.324. The zero-order valence-corrected chi connectivity index (χ0v) is 22.3. The molecule has 1 aromatic carbocycles. The molecule has 0 spiro atoms. The fraction of sp³-hybridized carbons (Fsp3) is 0.615. The normalized spacial score (nSPS) is 12.3. The van der Waals surface area contributed by atoms with Gasteiger partial charge in [0.25, 0.3) is 0 Å². The molecule has 0 bridgehead atoms. The first kappa shape index (κ1) is 31.7. The Labute approximate surface area is 217 Å². The van der Waals surface area contributed by atoms with Crippen molar-refractivity contribution in [3.63, 3.8) is 0 Å². The fourth-order valence-electron chi connectivity index (χ4n) is 2.82. The van der Waals surface area contributed by atoms with Crippen LogP contribution in [0.2, 0.25) is 0 Å². The highest BCUT2D eigenvalue weighted by atomic mass is 16.7. The minimum atomic E-state index is -1.05. The number of carbonyl (C=O) groups is 4. The molecule has 0 aliphatic rings. The maximum atomic E-state index is 12.4. The first-order chi connectivity index (χ1) is 17.5. The molecule has 0 fully saturated rings. The van der Waals surface area contributed by atoms with Crippen LogP contribution in [0, 0.1) is 5.92 Å². The Morgan fingerprint density at radius 3 is 2.03 bits per heavy atom. The molecule has 1 aromatic rings. The van der Waals surface area contributed by atoms with Gasteiger partial charge in [-0.15, -0.1) is 0 Å². The molecule has 0 saturated carbocycles. The summed E-state index contributed by atoms with van der Waals surface area (Å²) < 4.78 is 30.5. The summed E-state index contributed by atoms with van der Waals surface area (Å²) in [4.78, 5) is 48.0. The van der Waals surface area contributed by atoms with E-state index in [0.717, 1.165) is 0 Å². The molecule has 1 rings (SSSR count). The van der Waals surface area contributed by atoms with Crippen molar-refractivity contribution in [2.45, 2.75) is 78.9 Å². The van der Waals surface area contributed by atoms with E-state index in [-0.39, 0.29) is 43.7 Å². The molecule has 2 N–H and O–H groups in total. The van der Waals surface area contributed by atoms with Gasteiger partial charge in [-0.05, 0) is 56.2 Å². The first-order valence-electron chi connectivity index (χ1n) is 12.5. The predicted molar refractivity (Wildman–Crippen MR) is 133 cm³/mol. The van der Waals surface area contributed by atoms with Gasteiger partial charge in [0.1, 0.15) is 18.8 Å². The monoisotopic (exact) mass is 525 g/mol. The highest BCUT2D eigenvalue weighted by Crippen LogP contribution is 2.30. The number of rotatable bonds is 15. The zero-order chi connectivity index (χ0) is 27.8. The van der Waals surface area contributed by atoms with Gasteiger partial charge in [-0.1, -0.05) is 33.8 Å². The second kappa shape index (κ2) is 17.2. The van der Waals surface area contributed by atoms with E-state index in [9.17, 15) is 19.2 Å². The second-order valence-electron chi connectivity index (χ2n) is 8.86. The molecule has 11 heteroatoms. The Balaban J connectivity index is 2.77. The number of hydrogen-bond donors (Lipinski definition) is 1. The van der Waals surface area contributed by atoms with Crippen molar-refractivity contribution >= 4 is 24.2 Å². The van der Waals surface area contributed by atoms with Gasteiger partial charge in [0.2, 0.25) is 0 Å². The van der Waals surface area contributed by atoms with Crippen LogP contribution >= 0.6 is 0 Å². The maximum absolute atomic E-state index is 12.4. The summed E-state index contributed by atoms with van der Waals surface area (Å²) in [6.45, 7) is 9.47. The largest absolute Gasteiger partial charge is 0.513 e. The molecular formula is C26H39NO10. The van der Waals surface area contributed by atoms with E-state index in [1.807, 2.05) is 27.7 Å². The van der Waals surface area contributed by atoms with Gasteiger partial charge in [0.15, 0.2) is 11.5 Å². The van der Waals surface area contributed by atoms with Gasteiger partial charge < -0.3 is 34.2 Å². The minimum Gasteiger partial charge on any atom is -0.461 e. The minimum absolute atomic E-state index is 0.0301. The van der Waals surface area contributed by atoms with Crippen molar-refractivity contribution in [2.75, 3.05) is 19.8 Å². The molecule has 0 saturated heterocycles. The third-order valence-corrected chi connectivity index (χ3v) is 4.72. The van der Waals surface area contributed by atoms with Gasteiger partial charge in [0.05, 0.1) is 13.2 Å². The number of benzene rings is 1. The average molecular weight is 526 g/mol. The van der Waals surface area contributed by atoms with Crippen LogP contribution in [0.4, 0.5) is 9.59 Å². The van der Waals surface area contributed by atoms with Crippen molar-refractivity contribution in [1.82, 2.24) is 0 Å². The van der Waals surface area contributed by atoms with Gasteiger partial charge >= 0.3 is 24.2 Å². The Morgan fingerprint density at radius 1 is 0.865 bits per heavy atom. The van der Waals surface area contributed by atoms with E-state index < -0.39 is 30.4 Å². The lowest BCUT2D eigenvalue weighted by Gasteiger charge is -2.17. The average Bonchev–Trinajstić information content (AvgIpc) is 2.84. The Bertz CT molecular complexity index is 886. The molecule has 0 aliphatic carbocycles. The van der Waals surface area contributed by atoms with Crippen LogP contribution in [-0.4, -0.2) is 56.2 Å². The fourth-order valence-corrected chi connectivity index (χ4v) is 2.82. The second-order valence-corrected chi connectivity index (χ2v) is 8.86. The van der Waals surface area contributed by atoms with E-state index in [1.54, 1.807) is 13.0 Å². The van der Waals surface area contributed by atoms with E-state index in [2.05, 4.69) is 0 Å². The van der Waals surface area contributed by atoms with E-state index >= 15 is 0 Å². The van der Waals surface area contributed by atoms with Crippen molar-refractivity contribution in [2.24, 2.45) is 11.7 Å². The van der Waals surface area contributed by atoms with Crippen LogP contribution in [0.15, 0.2) is 18.2 Å². The van der Waals surface area contributed by atoms with Crippen molar-refractivity contribution in [1.29, 1.82) is 0 Å². The molecule has 2 atom stereocenters. The highest BCUT2D eigenvalue weighted by Gasteiger charge is 2.21. The van der Waals surface area contributed by atoms with E-state index in [0.29, 0.717) is 37.2 Å². The molecule has 0 aliphatic heterocycles. The highest BCUT2D eigenvalue weighted by molar-refractivity contribution is 5.76. The standard InChI is InChI=1S/C26H39NO10/c1-6-12-32-25(30)36-21-10-9-19(15-22(21)37-26(31)33-13-7-2)14-20(27)24(29)34-16-18(5)35-23(28)11-8-17(3)4/h9-10,15,17-18,20H,6-8,11-14,16,27H2,1-5H3/t18-,20-/m0/s1. The van der Waals surface area contributed by atoms with Crippen LogP contribution in [0.25, 0.3) is 0 Å². The molecule has 37 heavy (non-hydrogen) atoms. The summed E-state index contributed by atoms with van der Waals surface area (Å²) in [5.41, 5.74) is 6.49. The van der Waals surface area contributed by atoms with Crippen molar-refractivity contribution in [3.05, 3.63) is 23.8 Å². The van der Waals surface area contributed by atoms with Crippen molar-refractivity contribution in [3.8, 4) is 11.5 Å². The first-order valence-corrected chi connectivity index (χ1v) is 12.5. The van der Waals surface area contributed by atoms with Crippen LogP contribution in [0.5, 0.6) is 11.5 Å². The molecule has 11 nitrogen and oxygen atoms in total. The number of ether oxygens (including phenoxy) is 6. The molecule has 0 aromatic heterocycles. The van der Waals surface area contributed by atoms with Crippen LogP contribution in [0.3, 0.4) is 0 Å². The van der Waals surface area contributed by atoms with Crippen LogP contribution < -0.4 is 15.2 Å². The third kappa shape index (κ3) is 13.5. The smallest absolute Gasteiger partial charge is 0.461 e. The van der Waals surface area contributed by atoms with Gasteiger partial charge in [-0.2, -0.15) is 0 Å². The number of carbonyl (C=O) groups excluding carboxylic acids is 4. The van der Waals surface area contributed by atoms with Gasteiger partial charge in [-0.25, -0.2) is 9.59 Å².